The molecular weight excluding hydrogens is 262 g/mol. The predicted octanol–water partition coefficient (Wildman–Crippen LogP) is 1.92. The van der Waals surface area contributed by atoms with Crippen molar-refractivity contribution < 1.29 is 14.3 Å². The molecule has 0 spiro atoms. The molecule has 0 aromatic heterocycles. The highest BCUT2D eigenvalue weighted by Crippen LogP contribution is 2.31. The first-order valence-electron chi connectivity index (χ1n) is 6.22. The number of rotatable bonds is 3. The van der Waals surface area contributed by atoms with Crippen molar-refractivity contribution in [2.75, 3.05) is 25.7 Å². The summed E-state index contributed by atoms with van der Waals surface area (Å²) in [7, 11) is 3.09. The molecule has 2 unspecified atom stereocenters. The number of nitrogens with one attached hydrogen (secondary N) is 1. The summed E-state index contributed by atoms with van der Waals surface area (Å²) in [6.45, 7) is 2.05. The van der Waals surface area contributed by atoms with Gasteiger partial charge in [0.1, 0.15) is 11.8 Å². The second-order valence-electron chi connectivity index (χ2n) is 4.58. The summed E-state index contributed by atoms with van der Waals surface area (Å²) in [5, 5.41) is 3.35. The molecule has 0 saturated carbocycles. The Morgan fingerprint density at radius 2 is 2.16 bits per heavy atom. The third-order valence-corrected chi connectivity index (χ3v) is 4.36. The van der Waals surface area contributed by atoms with Crippen LogP contribution in [0, 0.1) is 6.92 Å². The van der Waals surface area contributed by atoms with E-state index in [1.165, 1.54) is 12.7 Å². The lowest BCUT2D eigenvalue weighted by Gasteiger charge is -2.30. The van der Waals surface area contributed by atoms with Crippen molar-refractivity contribution in [1.82, 2.24) is 5.32 Å². The molecule has 5 heteroatoms. The summed E-state index contributed by atoms with van der Waals surface area (Å²) < 4.78 is 10.2. The van der Waals surface area contributed by atoms with Crippen molar-refractivity contribution in [3.8, 4) is 5.75 Å². The van der Waals surface area contributed by atoms with Crippen LogP contribution < -0.4 is 10.1 Å². The number of methoxy groups -OCH3 is 2. The maximum Gasteiger partial charge on any atom is 0.323 e. The van der Waals surface area contributed by atoms with Crippen LogP contribution in [0.3, 0.4) is 0 Å². The number of thioether (sulfide) groups is 1. The molecule has 1 aliphatic rings. The normalized spacial score (nSPS) is 22.9. The summed E-state index contributed by atoms with van der Waals surface area (Å²) in [6.07, 6.45) is 0. The number of hydrogen-bond acceptors (Lipinski definition) is 5. The van der Waals surface area contributed by atoms with E-state index >= 15 is 0 Å². The van der Waals surface area contributed by atoms with Crippen LogP contribution in [0.25, 0.3) is 0 Å². The van der Waals surface area contributed by atoms with Crippen LogP contribution in [0.5, 0.6) is 5.75 Å². The zero-order chi connectivity index (χ0) is 13.8. The van der Waals surface area contributed by atoms with Crippen LogP contribution in [0.15, 0.2) is 18.2 Å². The highest BCUT2D eigenvalue weighted by molar-refractivity contribution is 7.99. The standard InChI is InChI=1S/C14H19NO3S/c1-9-4-5-13(17-2)10(6-9)11-7-19-8-12(15-11)14(16)18-3/h4-6,11-12,15H,7-8H2,1-3H3. The zero-order valence-electron chi connectivity index (χ0n) is 11.4. The van der Waals surface area contributed by atoms with Gasteiger partial charge in [-0.05, 0) is 13.0 Å². The van der Waals surface area contributed by atoms with E-state index in [-0.39, 0.29) is 18.1 Å². The molecule has 4 nitrogen and oxygen atoms in total. The lowest BCUT2D eigenvalue weighted by molar-refractivity contribution is -0.142. The first-order chi connectivity index (χ1) is 9.15. The van der Waals surface area contributed by atoms with E-state index in [4.69, 9.17) is 9.47 Å². The number of carbonyl (C=O) groups excluding carboxylic acids is 1. The van der Waals surface area contributed by atoms with Gasteiger partial charge in [0.25, 0.3) is 0 Å². The molecule has 1 aliphatic heterocycles. The molecule has 1 aromatic carbocycles. The molecule has 0 bridgehead atoms. The summed E-state index contributed by atoms with van der Waals surface area (Å²) >= 11 is 1.76. The molecule has 2 atom stereocenters. The number of aryl methyl sites for hydroxylation is 1. The van der Waals surface area contributed by atoms with E-state index in [1.807, 2.05) is 12.1 Å². The van der Waals surface area contributed by atoms with Crippen LogP contribution >= 0.6 is 11.8 Å². The number of esters is 1. The van der Waals surface area contributed by atoms with Crippen molar-refractivity contribution >= 4 is 17.7 Å². The van der Waals surface area contributed by atoms with Gasteiger partial charge in [-0.3, -0.25) is 10.1 Å². The number of benzene rings is 1. The Bertz CT molecular complexity index is 464. The molecule has 104 valence electrons. The fourth-order valence-corrected chi connectivity index (χ4v) is 3.34. The molecule has 0 amide bonds. The minimum absolute atomic E-state index is 0.109. The lowest BCUT2D eigenvalue weighted by Crippen LogP contribution is -2.46. The van der Waals surface area contributed by atoms with Crippen molar-refractivity contribution in [3.63, 3.8) is 0 Å². The van der Waals surface area contributed by atoms with Crippen molar-refractivity contribution in [2.45, 2.75) is 19.0 Å². The maximum absolute atomic E-state index is 11.6. The van der Waals surface area contributed by atoms with E-state index in [0.29, 0.717) is 0 Å². The molecule has 1 aromatic rings. The largest absolute Gasteiger partial charge is 0.496 e. The second-order valence-corrected chi connectivity index (χ2v) is 5.65. The van der Waals surface area contributed by atoms with Crippen molar-refractivity contribution in [2.24, 2.45) is 0 Å². The van der Waals surface area contributed by atoms with Gasteiger partial charge >= 0.3 is 5.97 Å². The van der Waals surface area contributed by atoms with Crippen molar-refractivity contribution in [3.05, 3.63) is 29.3 Å². The molecule has 1 fully saturated rings. The second kappa shape index (κ2) is 6.30. The third kappa shape index (κ3) is 3.22. The van der Waals surface area contributed by atoms with Gasteiger partial charge in [-0.1, -0.05) is 17.7 Å². The Labute approximate surface area is 117 Å². The molecular formula is C14H19NO3S. The van der Waals surface area contributed by atoms with Crippen LogP contribution in [0.4, 0.5) is 0 Å². The molecule has 1 heterocycles. The summed E-state index contributed by atoms with van der Waals surface area (Å²) in [5.74, 6) is 2.32. The van der Waals surface area contributed by atoms with Gasteiger partial charge in [0.2, 0.25) is 0 Å². The molecule has 0 radical (unpaired) electrons. The summed E-state index contributed by atoms with van der Waals surface area (Å²) in [5.41, 5.74) is 2.28. The Balaban J connectivity index is 2.21. The van der Waals surface area contributed by atoms with E-state index in [0.717, 1.165) is 22.8 Å². The predicted molar refractivity (Wildman–Crippen MR) is 76.7 cm³/mol. The summed E-state index contributed by atoms with van der Waals surface area (Å²) in [6, 6.07) is 5.96. The van der Waals surface area contributed by atoms with Crippen LogP contribution in [0.1, 0.15) is 17.2 Å². The average molecular weight is 281 g/mol. The van der Waals surface area contributed by atoms with E-state index in [9.17, 15) is 4.79 Å². The first kappa shape index (κ1) is 14.2. The number of ether oxygens (including phenoxy) is 2. The fourth-order valence-electron chi connectivity index (χ4n) is 2.23. The molecule has 1 saturated heterocycles. The van der Waals surface area contributed by atoms with E-state index in [1.54, 1.807) is 18.9 Å². The van der Waals surface area contributed by atoms with Gasteiger partial charge in [-0.15, -0.1) is 0 Å². The quantitative estimate of drug-likeness (QED) is 0.858. The van der Waals surface area contributed by atoms with Crippen LogP contribution in [-0.2, 0) is 9.53 Å². The zero-order valence-corrected chi connectivity index (χ0v) is 12.3. The highest BCUT2D eigenvalue weighted by Gasteiger charge is 2.29. The van der Waals surface area contributed by atoms with Crippen molar-refractivity contribution in [1.29, 1.82) is 0 Å². The fraction of sp³-hybridized carbons (Fsp3) is 0.500. The summed E-state index contributed by atoms with van der Waals surface area (Å²) in [4.78, 5) is 11.6. The van der Waals surface area contributed by atoms with Gasteiger partial charge in [0.15, 0.2) is 0 Å². The third-order valence-electron chi connectivity index (χ3n) is 3.22. The maximum atomic E-state index is 11.6. The Morgan fingerprint density at radius 3 is 2.84 bits per heavy atom. The SMILES string of the molecule is COC(=O)C1CSCC(c2cc(C)ccc2OC)N1. The molecule has 2 rings (SSSR count). The van der Waals surface area contributed by atoms with Gasteiger partial charge in [-0.25, -0.2) is 0 Å². The van der Waals surface area contributed by atoms with Gasteiger partial charge in [0.05, 0.1) is 14.2 Å². The van der Waals surface area contributed by atoms with Gasteiger partial charge < -0.3 is 9.47 Å². The minimum Gasteiger partial charge on any atom is -0.496 e. The lowest BCUT2D eigenvalue weighted by atomic mass is 10.0. The topological polar surface area (TPSA) is 47.6 Å². The molecule has 0 aliphatic carbocycles. The van der Waals surface area contributed by atoms with Gasteiger partial charge in [0, 0.05) is 23.1 Å². The van der Waals surface area contributed by atoms with Crippen LogP contribution in [-0.4, -0.2) is 37.7 Å². The Hall–Kier alpha value is -1.20. The molecule has 19 heavy (non-hydrogen) atoms. The van der Waals surface area contributed by atoms with Gasteiger partial charge in [-0.2, -0.15) is 11.8 Å². The van der Waals surface area contributed by atoms with Crippen LogP contribution in [0.2, 0.25) is 0 Å². The smallest absolute Gasteiger partial charge is 0.323 e. The Kier molecular flexibility index (Phi) is 4.71. The Morgan fingerprint density at radius 1 is 1.37 bits per heavy atom. The van der Waals surface area contributed by atoms with E-state index < -0.39 is 0 Å². The highest BCUT2D eigenvalue weighted by atomic mass is 32.2. The average Bonchev–Trinajstić information content (AvgIpc) is 2.46. The number of hydrogen-bond donors (Lipinski definition) is 1. The first-order valence-corrected chi connectivity index (χ1v) is 7.37. The molecule has 1 N–H and O–H groups in total. The monoisotopic (exact) mass is 281 g/mol. The minimum atomic E-state index is -0.251. The number of carbonyl (C=O) groups is 1. The van der Waals surface area contributed by atoms with E-state index in [2.05, 4.69) is 18.3 Å².